The number of rotatable bonds is 3. The highest BCUT2D eigenvalue weighted by atomic mass is 79.9. The van der Waals surface area contributed by atoms with Crippen LogP contribution in [0.1, 0.15) is 11.1 Å². The van der Waals surface area contributed by atoms with Gasteiger partial charge in [0.2, 0.25) is 0 Å². The van der Waals surface area contributed by atoms with E-state index in [1.165, 1.54) is 0 Å². The van der Waals surface area contributed by atoms with Gasteiger partial charge in [-0.15, -0.1) is 0 Å². The van der Waals surface area contributed by atoms with Gasteiger partial charge in [0.05, 0.1) is 11.4 Å². The van der Waals surface area contributed by atoms with E-state index in [1.54, 1.807) is 38.1 Å². The molecule has 20 heavy (non-hydrogen) atoms. The molecular formula is C14H15BrN2O2S. The first-order chi connectivity index (χ1) is 9.33. The zero-order valence-electron chi connectivity index (χ0n) is 11.1. The van der Waals surface area contributed by atoms with Gasteiger partial charge in [-0.2, -0.15) is 0 Å². The predicted molar refractivity (Wildman–Crippen MR) is 85.3 cm³/mol. The van der Waals surface area contributed by atoms with Crippen LogP contribution in [-0.2, 0) is 10.0 Å². The van der Waals surface area contributed by atoms with Crippen LogP contribution in [0.4, 0.5) is 11.4 Å². The maximum atomic E-state index is 12.5. The number of anilines is 2. The molecule has 4 nitrogen and oxygen atoms in total. The molecule has 2 aromatic rings. The molecule has 0 saturated heterocycles. The average Bonchev–Trinajstić information content (AvgIpc) is 2.37. The normalized spacial score (nSPS) is 11.3. The number of hydrogen-bond acceptors (Lipinski definition) is 3. The van der Waals surface area contributed by atoms with E-state index in [4.69, 9.17) is 5.73 Å². The lowest BCUT2D eigenvalue weighted by Gasteiger charge is -2.15. The SMILES string of the molecule is Cc1ccc(C)c(S(=O)(=O)Nc2ccccc2Br)c1N. The summed E-state index contributed by atoms with van der Waals surface area (Å²) in [6, 6.07) is 10.6. The third-order valence-corrected chi connectivity index (χ3v) is 5.26. The molecule has 6 heteroatoms. The quantitative estimate of drug-likeness (QED) is 0.829. The Kier molecular flexibility index (Phi) is 4.06. The van der Waals surface area contributed by atoms with Crippen molar-refractivity contribution in [2.75, 3.05) is 10.5 Å². The van der Waals surface area contributed by atoms with Gasteiger partial charge in [-0.1, -0.05) is 24.3 Å². The minimum Gasteiger partial charge on any atom is -0.397 e. The van der Waals surface area contributed by atoms with Crippen LogP contribution >= 0.6 is 15.9 Å². The van der Waals surface area contributed by atoms with E-state index in [2.05, 4.69) is 20.7 Å². The fourth-order valence-electron chi connectivity index (χ4n) is 1.90. The van der Waals surface area contributed by atoms with E-state index in [-0.39, 0.29) is 10.6 Å². The van der Waals surface area contributed by atoms with Crippen LogP contribution in [0.25, 0.3) is 0 Å². The van der Waals surface area contributed by atoms with E-state index >= 15 is 0 Å². The molecule has 2 rings (SSSR count). The highest BCUT2D eigenvalue weighted by Crippen LogP contribution is 2.30. The molecule has 0 aromatic heterocycles. The van der Waals surface area contributed by atoms with Gasteiger partial charge < -0.3 is 5.73 Å². The number of para-hydroxylation sites is 1. The van der Waals surface area contributed by atoms with Gasteiger partial charge in [0.15, 0.2) is 0 Å². The summed E-state index contributed by atoms with van der Waals surface area (Å²) in [6.45, 7) is 3.51. The summed E-state index contributed by atoms with van der Waals surface area (Å²) >= 11 is 3.31. The van der Waals surface area contributed by atoms with Crippen LogP contribution in [-0.4, -0.2) is 8.42 Å². The summed E-state index contributed by atoms with van der Waals surface area (Å²) in [4.78, 5) is 0.133. The number of nitrogens with one attached hydrogen (secondary N) is 1. The summed E-state index contributed by atoms with van der Waals surface area (Å²) in [7, 11) is -3.72. The highest BCUT2D eigenvalue weighted by Gasteiger charge is 2.22. The molecule has 0 aliphatic heterocycles. The van der Waals surface area contributed by atoms with Crippen molar-refractivity contribution in [2.24, 2.45) is 0 Å². The van der Waals surface area contributed by atoms with Crippen LogP contribution in [0.15, 0.2) is 45.8 Å². The standard InChI is InChI=1S/C14H15BrN2O2S/c1-9-7-8-10(2)14(13(9)16)20(18,19)17-12-6-4-3-5-11(12)15/h3-8,17H,16H2,1-2H3. The minimum atomic E-state index is -3.72. The molecule has 2 aromatic carbocycles. The molecule has 0 fully saturated rings. The van der Waals surface area contributed by atoms with Gasteiger partial charge in [0.1, 0.15) is 4.90 Å². The Hall–Kier alpha value is -1.53. The van der Waals surface area contributed by atoms with Crippen molar-refractivity contribution >= 4 is 37.3 Å². The number of aryl methyl sites for hydroxylation is 2. The Bertz CT molecular complexity index is 758. The van der Waals surface area contributed by atoms with Crippen molar-refractivity contribution in [3.8, 4) is 0 Å². The van der Waals surface area contributed by atoms with Gasteiger partial charge in [-0.05, 0) is 53.0 Å². The Morgan fingerprint density at radius 1 is 1.05 bits per heavy atom. The zero-order valence-corrected chi connectivity index (χ0v) is 13.5. The molecule has 106 valence electrons. The highest BCUT2D eigenvalue weighted by molar-refractivity contribution is 9.10. The molecule has 0 saturated carbocycles. The van der Waals surface area contributed by atoms with Crippen molar-refractivity contribution in [2.45, 2.75) is 18.7 Å². The lowest BCUT2D eigenvalue weighted by Crippen LogP contribution is -2.17. The monoisotopic (exact) mass is 354 g/mol. The summed E-state index contributed by atoms with van der Waals surface area (Å²) in [6.07, 6.45) is 0. The molecule has 0 atom stereocenters. The Labute approximate surface area is 127 Å². The number of nitrogens with two attached hydrogens (primary N) is 1. The largest absolute Gasteiger partial charge is 0.397 e. The third kappa shape index (κ3) is 2.81. The van der Waals surface area contributed by atoms with Crippen LogP contribution in [0.2, 0.25) is 0 Å². The molecule has 0 aliphatic carbocycles. The molecule has 3 N–H and O–H groups in total. The van der Waals surface area contributed by atoms with Crippen LogP contribution in [0, 0.1) is 13.8 Å². The summed E-state index contributed by atoms with van der Waals surface area (Å²) < 4.78 is 28.3. The topological polar surface area (TPSA) is 72.2 Å². The Morgan fingerprint density at radius 2 is 1.65 bits per heavy atom. The van der Waals surface area contributed by atoms with Gasteiger partial charge in [-0.25, -0.2) is 8.42 Å². The van der Waals surface area contributed by atoms with Crippen LogP contribution in [0.5, 0.6) is 0 Å². The van der Waals surface area contributed by atoms with Gasteiger partial charge >= 0.3 is 0 Å². The predicted octanol–water partition coefficient (Wildman–Crippen LogP) is 3.45. The smallest absolute Gasteiger partial charge is 0.264 e. The van der Waals surface area contributed by atoms with Crippen molar-refractivity contribution in [1.29, 1.82) is 0 Å². The molecule has 0 bridgehead atoms. The molecule has 0 aliphatic rings. The fraction of sp³-hybridized carbons (Fsp3) is 0.143. The fourth-order valence-corrected chi connectivity index (χ4v) is 3.93. The van der Waals surface area contributed by atoms with E-state index in [1.807, 2.05) is 12.1 Å². The van der Waals surface area contributed by atoms with Gasteiger partial charge in [0.25, 0.3) is 10.0 Å². The molecular weight excluding hydrogens is 340 g/mol. The molecule has 0 heterocycles. The third-order valence-electron chi connectivity index (χ3n) is 3.00. The molecule has 0 spiro atoms. The Morgan fingerprint density at radius 3 is 2.30 bits per heavy atom. The van der Waals surface area contributed by atoms with E-state index in [0.717, 1.165) is 5.56 Å². The lowest BCUT2D eigenvalue weighted by atomic mass is 10.1. The van der Waals surface area contributed by atoms with Gasteiger partial charge in [-0.3, -0.25) is 4.72 Å². The zero-order chi connectivity index (χ0) is 14.9. The molecule has 0 amide bonds. The summed E-state index contributed by atoms with van der Waals surface area (Å²) in [5, 5.41) is 0. The van der Waals surface area contributed by atoms with Crippen LogP contribution < -0.4 is 10.5 Å². The number of benzene rings is 2. The van der Waals surface area contributed by atoms with Crippen LogP contribution in [0.3, 0.4) is 0 Å². The second-order valence-electron chi connectivity index (χ2n) is 4.53. The number of hydrogen-bond donors (Lipinski definition) is 2. The number of halogens is 1. The molecule has 0 unspecified atom stereocenters. The Balaban J connectivity index is 2.52. The van der Waals surface area contributed by atoms with Crippen molar-refractivity contribution in [3.05, 3.63) is 52.0 Å². The summed E-state index contributed by atoms with van der Waals surface area (Å²) in [5.74, 6) is 0. The maximum absolute atomic E-state index is 12.5. The first-order valence-corrected chi connectivity index (χ1v) is 8.23. The van der Waals surface area contributed by atoms with E-state index < -0.39 is 10.0 Å². The van der Waals surface area contributed by atoms with Gasteiger partial charge in [0, 0.05) is 4.47 Å². The first-order valence-electron chi connectivity index (χ1n) is 5.96. The number of nitrogen functional groups attached to an aromatic ring is 1. The molecule has 0 radical (unpaired) electrons. The van der Waals surface area contributed by atoms with Crippen molar-refractivity contribution < 1.29 is 8.42 Å². The van der Waals surface area contributed by atoms with E-state index in [9.17, 15) is 8.42 Å². The first kappa shape index (κ1) is 14.9. The van der Waals surface area contributed by atoms with E-state index in [0.29, 0.717) is 15.7 Å². The lowest BCUT2D eigenvalue weighted by molar-refractivity contribution is 0.601. The minimum absolute atomic E-state index is 0.133. The second kappa shape index (κ2) is 5.46. The average molecular weight is 355 g/mol. The second-order valence-corrected chi connectivity index (χ2v) is 7.00. The van der Waals surface area contributed by atoms with Crippen molar-refractivity contribution in [3.63, 3.8) is 0 Å². The maximum Gasteiger partial charge on any atom is 0.264 e. The van der Waals surface area contributed by atoms with Crippen molar-refractivity contribution in [1.82, 2.24) is 0 Å². The number of sulfonamides is 1. The summed E-state index contributed by atoms with van der Waals surface area (Å²) in [5.41, 5.74) is 8.05.